The predicted molar refractivity (Wildman–Crippen MR) is 88.2 cm³/mol. The summed E-state index contributed by atoms with van der Waals surface area (Å²) in [6, 6.07) is 10.6. The highest BCUT2D eigenvalue weighted by Gasteiger charge is 2.47. The Bertz CT molecular complexity index is 528. The van der Waals surface area contributed by atoms with Crippen molar-refractivity contribution in [2.75, 3.05) is 24.5 Å². The van der Waals surface area contributed by atoms with Crippen LogP contribution in [-0.2, 0) is 4.74 Å². The van der Waals surface area contributed by atoms with Gasteiger partial charge in [0.05, 0.1) is 0 Å². The standard InChI is InChI=1S/C18H26N2O2/c1-17(2,3)22-16(21)19-12-9-18(10-13-19)11-14-20(18)15-7-5-4-6-8-15/h4-8H,9-14H2,1-3H3. The highest BCUT2D eigenvalue weighted by atomic mass is 16.6. The lowest BCUT2D eigenvalue weighted by atomic mass is 9.76. The number of anilines is 1. The summed E-state index contributed by atoms with van der Waals surface area (Å²) >= 11 is 0. The second kappa shape index (κ2) is 5.49. The Hall–Kier alpha value is -1.71. The molecule has 0 aliphatic carbocycles. The zero-order valence-corrected chi connectivity index (χ0v) is 13.8. The largest absolute Gasteiger partial charge is 0.444 e. The average Bonchev–Trinajstić information content (AvgIpc) is 2.45. The van der Waals surface area contributed by atoms with Gasteiger partial charge in [-0.1, -0.05) is 18.2 Å². The van der Waals surface area contributed by atoms with Crippen molar-refractivity contribution >= 4 is 11.8 Å². The molecule has 1 spiro atoms. The van der Waals surface area contributed by atoms with E-state index in [0.29, 0.717) is 0 Å². The average molecular weight is 302 g/mol. The molecule has 2 fully saturated rings. The van der Waals surface area contributed by atoms with E-state index >= 15 is 0 Å². The van der Waals surface area contributed by atoms with Crippen LogP contribution in [0.1, 0.15) is 40.0 Å². The van der Waals surface area contributed by atoms with Crippen molar-refractivity contribution in [2.24, 2.45) is 0 Å². The molecule has 0 saturated carbocycles. The van der Waals surface area contributed by atoms with E-state index in [1.165, 1.54) is 12.1 Å². The molecule has 0 unspecified atom stereocenters. The van der Waals surface area contributed by atoms with Crippen molar-refractivity contribution in [3.8, 4) is 0 Å². The zero-order valence-electron chi connectivity index (χ0n) is 13.8. The Morgan fingerprint density at radius 1 is 1.05 bits per heavy atom. The smallest absolute Gasteiger partial charge is 0.410 e. The molecule has 0 bridgehead atoms. The van der Waals surface area contributed by atoms with Crippen LogP contribution in [0.3, 0.4) is 0 Å². The first-order valence-corrected chi connectivity index (χ1v) is 8.20. The molecule has 1 amide bonds. The third kappa shape index (κ3) is 2.92. The second-order valence-electron chi connectivity index (χ2n) is 7.43. The normalized spacial score (nSPS) is 20.7. The second-order valence-corrected chi connectivity index (χ2v) is 7.43. The van der Waals surface area contributed by atoms with Crippen molar-refractivity contribution in [2.45, 2.75) is 51.2 Å². The predicted octanol–water partition coefficient (Wildman–Crippen LogP) is 3.67. The maximum atomic E-state index is 12.2. The maximum Gasteiger partial charge on any atom is 0.410 e. The Balaban J connectivity index is 1.61. The van der Waals surface area contributed by atoms with Gasteiger partial charge in [0.15, 0.2) is 0 Å². The molecule has 4 heteroatoms. The maximum absolute atomic E-state index is 12.2. The highest BCUT2D eigenvalue weighted by Crippen LogP contribution is 2.43. The lowest BCUT2D eigenvalue weighted by Crippen LogP contribution is -2.65. The van der Waals surface area contributed by atoms with Crippen molar-refractivity contribution in [3.05, 3.63) is 30.3 Å². The van der Waals surface area contributed by atoms with Crippen LogP contribution < -0.4 is 4.90 Å². The summed E-state index contributed by atoms with van der Waals surface area (Å²) in [5.41, 5.74) is 1.14. The Kier molecular flexibility index (Phi) is 3.79. The first-order chi connectivity index (χ1) is 10.4. The summed E-state index contributed by atoms with van der Waals surface area (Å²) < 4.78 is 5.48. The molecule has 1 aromatic rings. The fourth-order valence-corrected chi connectivity index (χ4v) is 3.50. The summed E-state index contributed by atoms with van der Waals surface area (Å²) in [6.45, 7) is 8.45. The van der Waals surface area contributed by atoms with Gasteiger partial charge in [-0.2, -0.15) is 0 Å². The number of carbonyl (C=O) groups excluding carboxylic acids is 1. The van der Waals surface area contributed by atoms with Crippen molar-refractivity contribution in [3.63, 3.8) is 0 Å². The summed E-state index contributed by atoms with van der Waals surface area (Å²) in [6.07, 6.45) is 3.11. The Morgan fingerprint density at radius 2 is 1.64 bits per heavy atom. The minimum atomic E-state index is -0.418. The van der Waals surface area contributed by atoms with E-state index in [9.17, 15) is 4.79 Å². The number of piperidine rings is 1. The number of hydrogen-bond donors (Lipinski definition) is 0. The third-order valence-electron chi connectivity index (χ3n) is 4.79. The van der Waals surface area contributed by atoms with Gasteiger partial charge in [-0.3, -0.25) is 0 Å². The number of hydrogen-bond acceptors (Lipinski definition) is 3. The number of nitrogens with zero attached hydrogens (tertiary/aromatic N) is 2. The van der Waals surface area contributed by atoms with Crippen LogP contribution in [0.25, 0.3) is 0 Å². The molecular weight excluding hydrogens is 276 g/mol. The van der Waals surface area contributed by atoms with Crippen LogP contribution in [-0.4, -0.2) is 41.8 Å². The molecule has 0 N–H and O–H groups in total. The minimum Gasteiger partial charge on any atom is -0.444 e. The van der Waals surface area contributed by atoms with Gasteiger partial charge >= 0.3 is 6.09 Å². The van der Waals surface area contributed by atoms with Crippen LogP contribution >= 0.6 is 0 Å². The van der Waals surface area contributed by atoms with E-state index in [4.69, 9.17) is 4.74 Å². The summed E-state index contributed by atoms with van der Waals surface area (Å²) in [7, 11) is 0. The van der Waals surface area contributed by atoms with Crippen LogP contribution in [0.5, 0.6) is 0 Å². The van der Waals surface area contributed by atoms with Crippen LogP contribution in [0.2, 0.25) is 0 Å². The molecule has 1 aromatic carbocycles. The summed E-state index contributed by atoms with van der Waals surface area (Å²) in [5.74, 6) is 0. The number of para-hydroxylation sites is 1. The van der Waals surface area contributed by atoms with E-state index in [-0.39, 0.29) is 11.6 Å². The number of amides is 1. The quantitative estimate of drug-likeness (QED) is 0.793. The molecule has 0 atom stereocenters. The Labute approximate surface area is 133 Å². The lowest BCUT2D eigenvalue weighted by Gasteiger charge is -2.57. The summed E-state index contributed by atoms with van der Waals surface area (Å²) in [5, 5.41) is 0. The number of carbonyl (C=O) groups is 1. The van der Waals surface area contributed by atoms with Gasteiger partial charge in [-0.15, -0.1) is 0 Å². The van der Waals surface area contributed by atoms with Gasteiger partial charge in [0, 0.05) is 30.9 Å². The topological polar surface area (TPSA) is 32.8 Å². The molecule has 2 heterocycles. The molecule has 3 rings (SSSR count). The molecule has 120 valence electrons. The number of rotatable bonds is 1. The first kappa shape index (κ1) is 15.2. The molecule has 2 aliphatic rings. The van der Waals surface area contributed by atoms with Gasteiger partial charge in [0.25, 0.3) is 0 Å². The van der Waals surface area contributed by atoms with Gasteiger partial charge in [0.1, 0.15) is 5.60 Å². The fraction of sp³-hybridized carbons (Fsp3) is 0.611. The highest BCUT2D eigenvalue weighted by molar-refractivity contribution is 5.68. The number of ether oxygens (including phenoxy) is 1. The van der Waals surface area contributed by atoms with E-state index in [1.54, 1.807) is 0 Å². The third-order valence-corrected chi connectivity index (χ3v) is 4.79. The lowest BCUT2D eigenvalue weighted by molar-refractivity contribution is 0.0130. The van der Waals surface area contributed by atoms with Gasteiger partial charge < -0.3 is 14.5 Å². The van der Waals surface area contributed by atoms with Crippen LogP contribution in [0.15, 0.2) is 30.3 Å². The molecule has 22 heavy (non-hydrogen) atoms. The van der Waals surface area contributed by atoms with Crippen LogP contribution in [0.4, 0.5) is 10.5 Å². The molecule has 4 nitrogen and oxygen atoms in total. The summed E-state index contributed by atoms with van der Waals surface area (Å²) in [4.78, 5) is 16.5. The van der Waals surface area contributed by atoms with Gasteiger partial charge in [0.2, 0.25) is 0 Å². The molecule has 0 aromatic heterocycles. The van der Waals surface area contributed by atoms with Crippen molar-refractivity contribution in [1.29, 1.82) is 0 Å². The molecule has 2 saturated heterocycles. The minimum absolute atomic E-state index is 0.173. The van der Waals surface area contributed by atoms with Crippen LogP contribution in [0, 0.1) is 0 Å². The van der Waals surface area contributed by atoms with Gasteiger partial charge in [-0.05, 0) is 52.2 Å². The van der Waals surface area contributed by atoms with Crippen molar-refractivity contribution < 1.29 is 9.53 Å². The molecule has 2 aliphatic heterocycles. The molecular formula is C18H26N2O2. The fourth-order valence-electron chi connectivity index (χ4n) is 3.50. The van der Waals surface area contributed by atoms with E-state index in [2.05, 4.69) is 35.2 Å². The SMILES string of the molecule is CC(C)(C)OC(=O)N1CCC2(CC1)CCN2c1ccccc1. The van der Waals surface area contributed by atoms with E-state index in [0.717, 1.165) is 32.5 Å². The zero-order chi connectivity index (χ0) is 15.8. The number of likely N-dealkylation sites (tertiary alicyclic amines) is 1. The van der Waals surface area contributed by atoms with E-state index < -0.39 is 5.60 Å². The van der Waals surface area contributed by atoms with E-state index in [1.807, 2.05) is 25.7 Å². The number of benzene rings is 1. The molecule has 0 radical (unpaired) electrons. The van der Waals surface area contributed by atoms with Crippen molar-refractivity contribution in [1.82, 2.24) is 4.90 Å². The van der Waals surface area contributed by atoms with Gasteiger partial charge in [-0.25, -0.2) is 4.79 Å². The first-order valence-electron chi connectivity index (χ1n) is 8.20. The Morgan fingerprint density at radius 3 is 2.14 bits per heavy atom. The monoisotopic (exact) mass is 302 g/mol.